The zero-order chi connectivity index (χ0) is 22.6. The molecule has 33 heavy (non-hydrogen) atoms. The minimum Gasteiger partial charge on any atom is -0.489 e. The molecule has 0 saturated heterocycles. The zero-order valence-electron chi connectivity index (χ0n) is 17.9. The molecule has 6 rings (SSSR count). The van der Waals surface area contributed by atoms with E-state index < -0.39 is 5.60 Å². The number of hydrogen-bond donors (Lipinski definition) is 1. The second kappa shape index (κ2) is 7.54. The molecule has 5 aromatic rings. The molecule has 0 spiro atoms. The van der Waals surface area contributed by atoms with Crippen molar-refractivity contribution in [3.8, 4) is 17.0 Å². The minimum atomic E-state index is -1.42. The van der Waals surface area contributed by atoms with Crippen LogP contribution in [-0.2, 0) is 19.3 Å². The lowest BCUT2D eigenvalue weighted by Gasteiger charge is -2.30. The van der Waals surface area contributed by atoms with Gasteiger partial charge in [-0.15, -0.1) is 0 Å². The molecule has 0 fully saturated rings. The lowest BCUT2D eigenvalue weighted by Crippen LogP contribution is -2.31. The number of benzene rings is 3. The van der Waals surface area contributed by atoms with Crippen molar-refractivity contribution >= 4 is 26.7 Å². The maximum atomic E-state index is 12.4. The summed E-state index contributed by atoms with van der Waals surface area (Å²) in [6, 6.07) is 21.9. The van der Waals surface area contributed by atoms with Gasteiger partial charge in [-0.05, 0) is 52.9 Å². The summed E-state index contributed by atoms with van der Waals surface area (Å²) in [4.78, 5) is 9.00. The molecule has 1 atom stereocenters. The molecule has 1 aliphatic heterocycles. The number of ether oxygens (including phenoxy) is 1. The van der Waals surface area contributed by atoms with Gasteiger partial charge in [0.2, 0.25) is 0 Å². The summed E-state index contributed by atoms with van der Waals surface area (Å²) in [5.74, 6) is 0.765. The van der Waals surface area contributed by atoms with Gasteiger partial charge in [0.05, 0.1) is 23.9 Å². The number of aromatic nitrogens is 3. The van der Waals surface area contributed by atoms with Gasteiger partial charge < -0.3 is 14.4 Å². The van der Waals surface area contributed by atoms with Crippen LogP contribution >= 0.6 is 15.9 Å². The second-order valence-corrected chi connectivity index (χ2v) is 9.17. The van der Waals surface area contributed by atoms with Gasteiger partial charge in [-0.2, -0.15) is 0 Å². The highest BCUT2D eigenvalue weighted by Crippen LogP contribution is 2.40. The van der Waals surface area contributed by atoms with E-state index in [2.05, 4.69) is 20.9 Å². The number of aryl methyl sites for hydroxylation is 1. The van der Waals surface area contributed by atoms with E-state index in [1.165, 1.54) is 0 Å². The van der Waals surface area contributed by atoms with Crippen molar-refractivity contribution in [3.63, 3.8) is 0 Å². The summed E-state index contributed by atoms with van der Waals surface area (Å²) in [7, 11) is 1.89. The molecule has 0 saturated carbocycles. The van der Waals surface area contributed by atoms with Gasteiger partial charge in [-0.25, -0.2) is 4.98 Å². The number of fused-ring (bicyclic) bond motifs is 6. The van der Waals surface area contributed by atoms with E-state index in [-0.39, 0.29) is 0 Å². The van der Waals surface area contributed by atoms with Crippen LogP contribution in [-0.4, -0.2) is 19.6 Å². The van der Waals surface area contributed by atoms with Crippen molar-refractivity contribution in [2.75, 3.05) is 0 Å². The highest BCUT2D eigenvalue weighted by Gasteiger charge is 2.37. The summed E-state index contributed by atoms with van der Waals surface area (Å²) >= 11 is 3.65. The molecule has 0 amide bonds. The van der Waals surface area contributed by atoms with E-state index in [1.54, 1.807) is 12.5 Å². The van der Waals surface area contributed by atoms with E-state index >= 15 is 0 Å². The second-order valence-electron chi connectivity index (χ2n) is 8.32. The first kappa shape index (κ1) is 20.1. The summed E-state index contributed by atoms with van der Waals surface area (Å²) < 4.78 is 8.94. The fourth-order valence-electron chi connectivity index (χ4n) is 4.60. The van der Waals surface area contributed by atoms with Crippen molar-refractivity contribution < 1.29 is 9.84 Å². The Bertz CT molecular complexity index is 1530. The third-order valence-electron chi connectivity index (χ3n) is 6.34. The zero-order valence-corrected chi connectivity index (χ0v) is 19.5. The van der Waals surface area contributed by atoms with Crippen LogP contribution in [0.15, 0.2) is 89.9 Å². The molecule has 1 aliphatic rings. The Morgan fingerprint density at radius 1 is 1.03 bits per heavy atom. The highest BCUT2D eigenvalue weighted by atomic mass is 79.9. The largest absolute Gasteiger partial charge is 0.489 e. The average molecular weight is 498 g/mol. The van der Waals surface area contributed by atoms with Gasteiger partial charge in [-0.3, -0.25) is 4.98 Å². The lowest BCUT2D eigenvalue weighted by atomic mass is 9.82. The predicted octanol–water partition coefficient (Wildman–Crippen LogP) is 5.57. The Kier molecular flexibility index (Phi) is 4.60. The first-order valence-corrected chi connectivity index (χ1v) is 11.4. The summed E-state index contributed by atoms with van der Waals surface area (Å²) in [5.41, 5.74) is 3.49. The van der Waals surface area contributed by atoms with Crippen LogP contribution in [0.3, 0.4) is 0 Å². The Labute approximate surface area is 199 Å². The maximum absolute atomic E-state index is 12.4. The van der Waals surface area contributed by atoms with Crippen molar-refractivity contribution in [1.29, 1.82) is 0 Å². The Morgan fingerprint density at radius 3 is 2.73 bits per heavy atom. The first-order chi connectivity index (χ1) is 16.0. The number of hydrogen-bond acceptors (Lipinski definition) is 4. The number of halogens is 1. The number of imidazole rings is 1. The van der Waals surface area contributed by atoms with E-state index in [0.717, 1.165) is 48.9 Å². The van der Waals surface area contributed by atoms with Gasteiger partial charge in [0.1, 0.15) is 12.4 Å². The van der Waals surface area contributed by atoms with Crippen LogP contribution in [0, 0.1) is 0 Å². The summed E-state index contributed by atoms with van der Waals surface area (Å²) in [6.07, 6.45) is 5.24. The van der Waals surface area contributed by atoms with Crippen LogP contribution in [0.1, 0.15) is 22.4 Å². The molecule has 162 valence electrons. The fourth-order valence-corrected chi connectivity index (χ4v) is 4.96. The summed E-state index contributed by atoms with van der Waals surface area (Å²) in [6.45, 7) is 0.356. The lowest BCUT2D eigenvalue weighted by molar-refractivity contribution is 0.117. The molecule has 0 aliphatic carbocycles. The van der Waals surface area contributed by atoms with Crippen LogP contribution in [0.5, 0.6) is 5.75 Å². The standard InChI is InChI=1S/C27H20BrN3O2/c1-31-16-29-14-25(31)27(32)20-7-8-24(28)19(11-20)15-33-22-4-2-3-18(12-22)26-23-13-21(27)6-5-17(23)9-10-30-26/h2-14,16,32H,15H2,1H3. The Balaban J connectivity index is 1.73. The molecule has 5 nitrogen and oxygen atoms in total. The van der Waals surface area contributed by atoms with Crippen molar-refractivity contribution in [1.82, 2.24) is 14.5 Å². The third kappa shape index (κ3) is 3.17. The Hall–Kier alpha value is -3.48. The monoisotopic (exact) mass is 497 g/mol. The molecular weight excluding hydrogens is 478 g/mol. The molecular formula is C27H20BrN3O2. The SMILES string of the molecule is Cn1cncc1C1(O)c2ccc(Br)c(c2)COc2cccc(c2)-c2nccc3ccc1cc23. The smallest absolute Gasteiger partial charge is 0.156 e. The molecule has 1 N–H and O–H groups in total. The molecule has 3 heterocycles. The van der Waals surface area contributed by atoms with Gasteiger partial charge in [0.25, 0.3) is 0 Å². The van der Waals surface area contributed by atoms with E-state index in [4.69, 9.17) is 9.72 Å². The van der Waals surface area contributed by atoms with E-state index in [9.17, 15) is 5.11 Å². The Morgan fingerprint density at radius 2 is 1.88 bits per heavy atom. The van der Waals surface area contributed by atoms with E-state index in [0.29, 0.717) is 12.3 Å². The minimum absolute atomic E-state index is 0.356. The number of rotatable bonds is 1. The number of nitrogens with zero attached hydrogens (tertiary/aromatic N) is 3. The number of aliphatic hydroxyl groups is 1. The normalized spacial score (nSPS) is 17.2. The van der Waals surface area contributed by atoms with Crippen LogP contribution in [0.25, 0.3) is 22.0 Å². The quantitative estimate of drug-likeness (QED) is 0.328. The fraction of sp³-hybridized carbons (Fsp3) is 0.111. The third-order valence-corrected chi connectivity index (χ3v) is 7.11. The van der Waals surface area contributed by atoms with Crippen LogP contribution in [0.2, 0.25) is 0 Å². The first-order valence-electron chi connectivity index (χ1n) is 10.6. The topological polar surface area (TPSA) is 60.2 Å². The van der Waals surface area contributed by atoms with Crippen molar-refractivity contribution in [3.05, 3.63) is 112 Å². The van der Waals surface area contributed by atoms with Crippen molar-refractivity contribution in [2.45, 2.75) is 12.2 Å². The van der Waals surface area contributed by atoms with Crippen molar-refractivity contribution in [2.24, 2.45) is 7.05 Å². The van der Waals surface area contributed by atoms with Gasteiger partial charge in [0, 0.05) is 34.2 Å². The summed E-state index contributed by atoms with van der Waals surface area (Å²) in [5, 5.41) is 14.4. The average Bonchev–Trinajstić information content (AvgIpc) is 3.28. The van der Waals surface area contributed by atoms with Gasteiger partial charge in [0.15, 0.2) is 5.60 Å². The van der Waals surface area contributed by atoms with Gasteiger partial charge >= 0.3 is 0 Å². The molecule has 2 aromatic heterocycles. The van der Waals surface area contributed by atoms with Crippen LogP contribution in [0.4, 0.5) is 0 Å². The van der Waals surface area contributed by atoms with E-state index in [1.807, 2.05) is 84.5 Å². The maximum Gasteiger partial charge on any atom is 0.156 e. The predicted molar refractivity (Wildman–Crippen MR) is 131 cm³/mol. The van der Waals surface area contributed by atoms with Gasteiger partial charge in [-0.1, -0.05) is 46.3 Å². The molecule has 6 bridgehead atoms. The molecule has 6 heteroatoms. The molecule has 0 radical (unpaired) electrons. The molecule has 3 aromatic carbocycles. The molecule has 1 unspecified atom stereocenters. The highest BCUT2D eigenvalue weighted by molar-refractivity contribution is 9.10. The van der Waals surface area contributed by atoms with Crippen LogP contribution < -0.4 is 4.74 Å². The number of pyridine rings is 1.